The summed E-state index contributed by atoms with van der Waals surface area (Å²) in [6.45, 7) is 0. The van der Waals surface area contributed by atoms with Crippen molar-refractivity contribution in [1.29, 1.82) is 0 Å². The van der Waals surface area contributed by atoms with Gasteiger partial charge in [-0.25, -0.2) is 15.0 Å². The van der Waals surface area contributed by atoms with Gasteiger partial charge in [0.25, 0.3) is 0 Å². The van der Waals surface area contributed by atoms with E-state index in [1.54, 1.807) is 12.1 Å². The molecule has 6 heteroatoms. The zero-order valence-electron chi connectivity index (χ0n) is 14.4. The zero-order valence-corrected chi connectivity index (χ0v) is 14.4. The molecule has 0 spiro atoms. The molecule has 1 aliphatic heterocycles. The molecule has 27 heavy (non-hydrogen) atoms. The average molecular weight is 359 g/mol. The molecule has 3 aromatic rings. The van der Waals surface area contributed by atoms with Gasteiger partial charge in [-0.1, -0.05) is 60.7 Å². The first-order valence-electron chi connectivity index (χ1n) is 8.58. The van der Waals surface area contributed by atoms with Crippen molar-refractivity contribution in [3.63, 3.8) is 0 Å². The molecule has 1 aromatic heterocycles. The van der Waals surface area contributed by atoms with Crippen LogP contribution in [0.25, 0.3) is 17.0 Å². The predicted octanol–water partition coefficient (Wildman–Crippen LogP) is 3.28. The van der Waals surface area contributed by atoms with Crippen LogP contribution in [0.2, 0.25) is 0 Å². The number of nitrogens with one attached hydrogen (secondary N) is 2. The molecule has 0 saturated heterocycles. The van der Waals surface area contributed by atoms with Crippen LogP contribution in [-0.2, 0) is 0 Å². The van der Waals surface area contributed by atoms with Crippen LogP contribution in [-0.4, -0.2) is 17.8 Å². The molecular weight excluding hydrogens is 342 g/mol. The van der Waals surface area contributed by atoms with Gasteiger partial charge in [-0.3, -0.25) is 0 Å². The maximum atomic E-state index is 12.4. The first-order chi connectivity index (χ1) is 13.2. The van der Waals surface area contributed by atoms with Crippen LogP contribution in [0.5, 0.6) is 0 Å². The van der Waals surface area contributed by atoms with E-state index in [9.17, 15) is 9.59 Å². The molecule has 4 rings (SSSR count). The number of fused-ring (bicyclic) bond motifs is 1. The monoisotopic (exact) mass is 359 g/mol. The van der Waals surface area contributed by atoms with Crippen molar-refractivity contribution in [1.82, 2.24) is 10.7 Å². The normalized spacial score (nSPS) is 17.3. The summed E-state index contributed by atoms with van der Waals surface area (Å²) in [6, 6.07) is 18.1. The Bertz CT molecular complexity index is 1100. The molecule has 0 radical (unpaired) electrons. The SMILES string of the molecule is O=C1NN=C(c2cc3ccccc3oc2=O)CC(C=Cc2ccccc2)N1. The molecule has 2 N–H and O–H groups in total. The lowest BCUT2D eigenvalue weighted by Crippen LogP contribution is -2.37. The van der Waals surface area contributed by atoms with Gasteiger partial charge in [0, 0.05) is 11.8 Å². The van der Waals surface area contributed by atoms with Crippen molar-refractivity contribution in [2.24, 2.45) is 5.10 Å². The van der Waals surface area contributed by atoms with Crippen molar-refractivity contribution in [3.8, 4) is 0 Å². The number of amides is 2. The smallest absolute Gasteiger partial charge is 0.345 e. The number of hydrogen-bond donors (Lipinski definition) is 2. The second-order valence-electron chi connectivity index (χ2n) is 6.21. The van der Waals surface area contributed by atoms with Gasteiger partial charge in [-0.05, 0) is 17.7 Å². The molecule has 2 amide bonds. The van der Waals surface area contributed by atoms with Gasteiger partial charge in [0.2, 0.25) is 0 Å². The lowest BCUT2D eigenvalue weighted by Gasteiger charge is -2.11. The highest BCUT2D eigenvalue weighted by Crippen LogP contribution is 2.16. The van der Waals surface area contributed by atoms with Crippen LogP contribution in [0.4, 0.5) is 4.79 Å². The van der Waals surface area contributed by atoms with Gasteiger partial charge < -0.3 is 9.73 Å². The van der Waals surface area contributed by atoms with Crippen molar-refractivity contribution in [2.45, 2.75) is 12.5 Å². The summed E-state index contributed by atoms with van der Waals surface area (Å²) in [5.41, 5.74) is 4.29. The van der Waals surface area contributed by atoms with E-state index in [4.69, 9.17) is 4.42 Å². The first-order valence-corrected chi connectivity index (χ1v) is 8.58. The first kappa shape index (κ1) is 16.8. The molecule has 1 atom stereocenters. The number of carbonyl (C=O) groups is 1. The number of hydrogen-bond acceptors (Lipinski definition) is 4. The third kappa shape index (κ3) is 3.79. The Morgan fingerprint density at radius 2 is 1.81 bits per heavy atom. The number of nitrogens with zero attached hydrogens (tertiary/aromatic N) is 1. The van der Waals surface area contributed by atoms with E-state index in [0.29, 0.717) is 23.3 Å². The van der Waals surface area contributed by atoms with Gasteiger partial charge in [0.15, 0.2) is 0 Å². The van der Waals surface area contributed by atoms with Crippen LogP contribution in [0, 0.1) is 0 Å². The summed E-state index contributed by atoms with van der Waals surface area (Å²) >= 11 is 0. The third-order valence-electron chi connectivity index (χ3n) is 4.30. The van der Waals surface area contributed by atoms with Crippen molar-refractivity contribution < 1.29 is 9.21 Å². The van der Waals surface area contributed by atoms with Gasteiger partial charge in [-0.15, -0.1) is 0 Å². The fourth-order valence-electron chi connectivity index (χ4n) is 2.96. The van der Waals surface area contributed by atoms with Gasteiger partial charge in [0.05, 0.1) is 17.3 Å². The highest BCUT2D eigenvalue weighted by molar-refractivity contribution is 6.03. The fourth-order valence-corrected chi connectivity index (χ4v) is 2.96. The topological polar surface area (TPSA) is 83.7 Å². The zero-order chi connectivity index (χ0) is 18.6. The lowest BCUT2D eigenvalue weighted by atomic mass is 10.0. The molecule has 0 fully saturated rings. The van der Waals surface area contributed by atoms with E-state index >= 15 is 0 Å². The van der Waals surface area contributed by atoms with Gasteiger partial charge in [-0.2, -0.15) is 5.10 Å². The average Bonchev–Trinajstić information content (AvgIpc) is 2.88. The summed E-state index contributed by atoms with van der Waals surface area (Å²) in [6.07, 6.45) is 4.18. The van der Waals surface area contributed by atoms with Crippen LogP contribution < -0.4 is 16.4 Å². The molecule has 134 valence electrons. The Balaban J connectivity index is 1.66. The predicted molar refractivity (Wildman–Crippen MR) is 105 cm³/mol. The van der Waals surface area contributed by atoms with Crippen LogP contribution in [0.15, 0.2) is 81.1 Å². The van der Waals surface area contributed by atoms with Gasteiger partial charge >= 0.3 is 11.7 Å². The van der Waals surface area contributed by atoms with Crippen molar-refractivity contribution in [2.75, 3.05) is 0 Å². The molecule has 0 bridgehead atoms. The molecule has 2 aromatic carbocycles. The summed E-state index contributed by atoms with van der Waals surface area (Å²) in [7, 11) is 0. The molecule has 0 aliphatic carbocycles. The second-order valence-corrected chi connectivity index (χ2v) is 6.21. The Labute approximate surface area is 155 Å². The van der Waals surface area contributed by atoms with Crippen molar-refractivity contribution in [3.05, 3.63) is 88.3 Å². The maximum Gasteiger partial charge on any atom is 0.345 e. The maximum absolute atomic E-state index is 12.4. The van der Waals surface area contributed by atoms with Gasteiger partial charge in [0.1, 0.15) is 5.58 Å². The Kier molecular flexibility index (Phi) is 4.53. The van der Waals surface area contributed by atoms with E-state index in [1.807, 2.05) is 60.7 Å². The largest absolute Gasteiger partial charge is 0.422 e. The number of para-hydroxylation sites is 1. The van der Waals surface area contributed by atoms with E-state index in [2.05, 4.69) is 15.8 Å². The summed E-state index contributed by atoms with van der Waals surface area (Å²) in [5.74, 6) is 0. The minimum atomic E-state index is -0.477. The van der Waals surface area contributed by atoms with Crippen LogP contribution >= 0.6 is 0 Å². The molecule has 6 nitrogen and oxygen atoms in total. The second kappa shape index (κ2) is 7.29. The van der Waals surface area contributed by atoms with Crippen LogP contribution in [0.1, 0.15) is 17.5 Å². The third-order valence-corrected chi connectivity index (χ3v) is 4.30. The lowest BCUT2D eigenvalue weighted by molar-refractivity contribution is 0.240. The molecule has 1 aliphatic rings. The quantitative estimate of drug-likeness (QED) is 0.704. The van der Waals surface area contributed by atoms with E-state index < -0.39 is 11.7 Å². The molecular formula is C21H17N3O3. The molecule has 2 heterocycles. The van der Waals surface area contributed by atoms with E-state index in [0.717, 1.165) is 10.9 Å². The number of urea groups is 1. The molecule has 0 saturated carbocycles. The highest BCUT2D eigenvalue weighted by atomic mass is 16.4. The minimum absolute atomic E-state index is 0.308. The highest BCUT2D eigenvalue weighted by Gasteiger charge is 2.21. The number of rotatable bonds is 3. The fraction of sp³-hybridized carbons (Fsp3) is 0.0952. The number of hydrazone groups is 1. The van der Waals surface area contributed by atoms with E-state index in [-0.39, 0.29) is 6.04 Å². The van der Waals surface area contributed by atoms with Crippen LogP contribution in [0.3, 0.4) is 0 Å². The summed E-state index contributed by atoms with van der Waals surface area (Å²) in [5, 5.41) is 7.73. The molecule has 1 unspecified atom stereocenters. The van der Waals surface area contributed by atoms with E-state index in [1.165, 1.54) is 0 Å². The number of carbonyl (C=O) groups excluding carboxylic acids is 1. The summed E-state index contributed by atoms with van der Waals surface area (Å²) < 4.78 is 5.39. The summed E-state index contributed by atoms with van der Waals surface area (Å²) in [4.78, 5) is 24.3. The van der Waals surface area contributed by atoms with Crippen molar-refractivity contribution >= 4 is 28.8 Å². The number of benzene rings is 2. The minimum Gasteiger partial charge on any atom is -0.422 e. The standard InChI is InChI=1S/C21H17N3O3/c25-20-17(12-15-8-4-5-9-19(15)27-20)18-13-16(22-21(26)24-23-18)11-10-14-6-2-1-3-7-14/h1-12,16H,13H2,(H2,22,24,26). The Hall–Kier alpha value is -3.67. The Morgan fingerprint density at radius 1 is 1.04 bits per heavy atom. The Morgan fingerprint density at radius 3 is 2.67 bits per heavy atom.